The predicted molar refractivity (Wildman–Crippen MR) is 91.3 cm³/mol. The van der Waals surface area contributed by atoms with E-state index in [2.05, 4.69) is 18.0 Å². The Kier molecular flexibility index (Phi) is 5.29. The molecule has 0 fully saturated rings. The van der Waals surface area contributed by atoms with Crippen molar-refractivity contribution in [2.24, 2.45) is 5.92 Å². The maximum absolute atomic E-state index is 10.7. The summed E-state index contributed by atoms with van der Waals surface area (Å²) in [6.45, 7) is 2.65. The molecule has 3 rings (SSSR count). The summed E-state index contributed by atoms with van der Waals surface area (Å²) in [5, 5.41) is 10.7. The molecule has 2 unspecified atom stereocenters. The molecule has 1 aromatic heterocycles. The molecule has 1 aliphatic rings. The summed E-state index contributed by atoms with van der Waals surface area (Å²) in [6.07, 6.45) is 7.03. The number of unbranched alkanes of at least 4 members (excludes halogenated alkanes) is 1. The highest BCUT2D eigenvalue weighted by Gasteiger charge is 2.27. The van der Waals surface area contributed by atoms with Gasteiger partial charge in [0.05, 0.1) is 11.8 Å². The lowest BCUT2D eigenvalue weighted by atomic mass is 9.79. The Bertz CT molecular complexity index is 627. The lowest BCUT2D eigenvalue weighted by Crippen LogP contribution is -2.20. The van der Waals surface area contributed by atoms with Crippen LogP contribution in [0.3, 0.4) is 0 Å². The molecule has 0 radical (unpaired) electrons. The van der Waals surface area contributed by atoms with E-state index >= 15 is 0 Å². The zero-order valence-corrected chi connectivity index (χ0v) is 13.7. The number of benzene rings is 1. The number of aryl methyl sites for hydroxylation is 1. The fourth-order valence-corrected chi connectivity index (χ4v) is 3.33. The molecule has 23 heavy (non-hydrogen) atoms. The molecule has 2 atom stereocenters. The van der Waals surface area contributed by atoms with Crippen molar-refractivity contribution >= 4 is 0 Å². The minimum atomic E-state index is -0.358. The van der Waals surface area contributed by atoms with Gasteiger partial charge in [0.1, 0.15) is 12.4 Å². The first-order valence-electron chi connectivity index (χ1n) is 8.61. The van der Waals surface area contributed by atoms with E-state index in [4.69, 9.17) is 4.74 Å². The zero-order chi connectivity index (χ0) is 16.1. The van der Waals surface area contributed by atoms with Crippen molar-refractivity contribution in [3.8, 4) is 5.75 Å². The van der Waals surface area contributed by atoms with Crippen molar-refractivity contribution in [2.75, 3.05) is 0 Å². The number of pyridine rings is 1. The number of ether oxygens (including phenoxy) is 1. The predicted octanol–water partition coefficient (Wildman–Crippen LogP) is 4.45. The lowest BCUT2D eigenvalue weighted by molar-refractivity contribution is 0.0868. The smallest absolute Gasteiger partial charge is 0.130 e. The van der Waals surface area contributed by atoms with Gasteiger partial charge in [-0.15, -0.1) is 0 Å². The van der Waals surface area contributed by atoms with E-state index in [1.807, 2.05) is 30.3 Å². The monoisotopic (exact) mass is 311 g/mol. The van der Waals surface area contributed by atoms with Crippen LogP contribution in [-0.2, 0) is 13.0 Å². The van der Waals surface area contributed by atoms with Crippen LogP contribution in [-0.4, -0.2) is 10.1 Å². The molecule has 1 aliphatic carbocycles. The molecule has 0 spiro atoms. The summed E-state index contributed by atoms with van der Waals surface area (Å²) < 4.78 is 5.85. The Labute approximate surface area is 138 Å². The number of aromatic nitrogens is 1. The van der Waals surface area contributed by atoms with E-state index in [1.54, 1.807) is 6.20 Å². The van der Waals surface area contributed by atoms with Crippen molar-refractivity contribution in [2.45, 2.75) is 51.7 Å². The van der Waals surface area contributed by atoms with E-state index in [0.717, 1.165) is 36.3 Å². The van der Waals surface area contributed by atoms with Gasteiger partial charge in [-0.1, -0.05) is 31.9 Å². The Morgan fingerprint density at radius 3 is 2.96 bits per heavy atom. The summed E-state index contributed by atoms with van der Waals surface area (Å²) in [5.74, 6) is 1.19. The van der Waals surface area contributed by atoms with Crippen LogP contribution in [0.4, 0.5) is 0 Å². The number of aliphatic hydroxyl groups is 1. The average Bonchev–Trinajstić information content (AvgIpc) is 2.60. The van der Waals surface area contributed by atoms with Crippen molar-refractivity contribution in [1.29, 1.82) is 0 Å². The topological polar surface area (TPSA) is 42.4 Å². The van der Waals surface area contributed by atoms with Gasteiger partial charge in [-0.25, -0.2) is 0 Å². The third kappa shape index (κ3) is 3.91. The number of rotatable bonds is 6. The molecule has 0 saturated heterocycles. The van der Waals surface area contributed by atoms with Gasteiger partial charge in [0.25, 0.3) is 0 Å². The van der Waals surface area contributed by atoms with Crippen LogP contribution < -0.4 is 4.74 Å². The maximum Gasteiger partial charge on any atom is 0.130 e. The molecule has 3 nitrogen and oxygen atoms in total. The lowest BCUT2D eigenvalue weighted by Gasteiger charge is -2.30. The molecule has 0 saturated carbocycles. The number of hydrogen-bond donors (Lipinski definition) is 1. The number of fused-ring (bicyclic) bond motifs is 1. The zero-order valence-electron chi connectivity index (χ0n) is 13.7. The largest absolute Gasteiger partial charge is 0.487 e. The summed E-state index contributed by atoms with van der Waals surface area (Å²) >= 11 is 0. The van der Waals surface area contributed by atoms with Gasteiger partial charge in [-0.05, 0) is 60.6 Å². The summed E-state index contributed by atoms with van der Waals surface area (Å²) in [7, 11) is 0. The van der Waals surface area contributed by atoms with E-state index in [-0.39, 0.29) is 6.10 Å². The average molecular weight is 311 g/mol. The molecular formula is C20H25NO2. The van der Waals surface area contributed by atoms with E-state index < -0.39 is 0 Å². The molecule has 3 heteroatoms. The van der Waals surface area contributed by atoms with E-state index in [1.165, 1.54) is 18.4 Å². The second kappa shape index (κ2) is 7.60. The first-order chi connectivity index (χ1) is 11.3. The Morgan fingerprint density at radius 1 is 1.26 bits per heavy atom. The summed E-state index contributed by atoms with van der Waals surface area (Å²) in [6, 6.07) is 11.9. The Balaban J connectivity index is 1.69. The van der Waals surface area contributed by atoms with Crippen molar-refractivity contribution < 1.29 is 9.84 Å². The van der Waals surface area contributed by atoms with Crippen LogP contribution in [0.25, 0.3) is 0 Å². The van der Waals surface area contributed by atoms with Crippen molar-refractivity contribution in [1.82, 2.24) is 4.98 Å². The maximum atomic E-state index is 10.7. The van der Waals surface area contributed by atoms with Crippen LogP contribution in [0.2, 0.25) is 0 Å². The normalized spacial score (nSPS) is 20.1. The highest BCUT2D eigenvalue weighted by Crippen LogP contribution is 2.38. The Morgan fingerprint density at radius 2 is 2.17 bits per heavy atom. The number of hydrogen-bond acceptors (Lipinski definition) is 3. The van der Waals surface area contributed by atoms with Gasteiger partial charge in [-0.2, -0.15) is 0 Å². The van der Waals surface area contributed by atoms with Crippen LogP contribution in [0, 0.1) is 5.92 Å². The van der Waals surface area contributed by atoms with Crippen LogP contribution >= 0.6 is 0 Å². The molecule has 1 heterocycles. The second-order valence-corrected chi connectivity index (χ2v) is 6.36. The minimum Gasteiger partial charge on any atom is -0.487 e. The fraction of sp³-hybridized carbons (Fsp3) is 0.450. The minimum absolute atomic E-state index is 0.358. The van der Waals surface area contributed by atoms with Crippen LogP contribution in [0.1, 0.15) is 55.5 Å². The number of aliphatic hydroxyl groups excluding tert-OH is 1. The first kappa shape index (κ1) is 16.0. The molecule has 1 aromatic carbocycles. The molecule has 0 aliphatic heterocycles. The van der Waals surface area contributed by atoms with Crippen LogP contribution in [0.15, 0.2) is 42.6 Å². The third-order valence-electron chi connectivity index (χ3n) is 4.71. The molecule has 0 bridgehead atoms. The standard InChI is InChI=1S/C20H25NO2/c1-2-3-6-16-9-8-15-10-11-18(13-19(15)20(16)22)23-14-17-7-4-5-12-21-17/h4-5,7,10-13,16,20,22H,2-3,6,8-9,14H2,1H3. The second-order valence-electron chi connectivity index (χ2n) is 6.36. The summed E-state index contributed by atoms with van der Waals surface area (Å²) in [4.78, 5) is 4.27. The van der Waals surface area contributed by atoms with Gasteiger partial charge in [0, 0.05) is 6.20 Å². The quantitative estimate of drug-likeness (QED) is 0.857. The van der Waals surface area contributed by atoms with Gasteiger partial charge in [-0.3, -0.25) is 4.98 Å². The SMILES string of the molecule is CCCCC1CCc2ccc(OCc3ccccn3)cc2C1O. The highest BCUT2D eigenvalue weighted by molar-refractivity contribution is 5.39. The van der Waals surface area contributed by atoms with Gasteiger partial charge >= 0.3 is 0 Å². The van der Waals surface area contributed by atoms with Crippen molar-refractivity contribution in [3.63, 3.8) is 0 Å². The number of nitrogens with zero attached hydrogens (tertiary/aromatic N) is 1. The summed E-state index contributed by atoms with van der Waals surface area (Å²) in [5.41, 5.74) is 3.22. The molecule has 1 N–H and O–H groups in total. The Hall–Kier alpha value is -1.87. The van der Waals surface area contributed by atoms with Gasteiger partial charge in [0.2, 0.25) is 0 Å². The van der Waals surface area contributed by atoms with Gasteiger partial charge in [0.15, 0.2) is 0 Å². The van der Waals surface area contributed by atoms with Gasteiger partial charge < -0.3 is 9.84 Å². The first-order valence-corrected chi connectivity index (χ1v) is 8.61. The highest BCUT2D eigenvalue weighted by atomic mass is 16.5. The third-order valence-corrected chi connectivity index (χ3v) is 4.71. The van der Waals surface area contributed by atoms with E-state index in [9.17, 15) is 5.11 Å². The van der Waals surface area contributed by atoms with Crippen LogP contribution in [0.5, 0.6) is 5.75 Å². The van der Waals surface area contributed by atoms with E-state index in [0.29, 0.717) is 12.5 Å². The van der Waals surface area contributed by atoms with Crippen molar-refractivity contribution in [3.05, 3.63) is 59.4 Å². The molecule has 2 aromatic rings. The molecule has 122 valence electrons. The molecule has 0 amide bonds. The fourth-order valence-electron chi connectivity index (χ4n) is 3.33. The molecular weight excluding hydrogens is 286 g/mol.